The molecule has 0 bridgehead atoms. The maximum Gasteiger partial charge on any atom is 0.247 e. The number of fused-ring (bicyclic) bond motifs is 1. The first-order valence-electron chi connectivity index (χ1n) is 10.3. The average Bonchev–Trinajstić information content (AvgIpc) is 3.36. The zero-order valence-electron chi connectivity index (χ0n) is 18.5. The molecule has 0 fully saturated rings. The van der Waals surface area contributed by atoms with Gasteiger partial charge in [0.15, 0.2) is 11.6 Å². The van der Waals surface area contributed by atoms with E-state index in [9.17, 15) is 0 Å². The predicted molar refractivity (Wildman–Crippen MR) is 122 cm³/mol. The van der Waals surface area contributed by atoms with Crippen LogP contribution in [0.3, 0.4) is 0 Å². The summed E-state index contributed by atoms with van der Waals surface area (Å²) in [6.07, 6.45) is 3.58. The summed E-state index contributed by atoms with van der Waals surface area (Å²) >= 11 is 0. The molecule has 0 saturated heterocycles. The van der Waals surface area contributed by atoms with Crippen molar-refractivity contribution in [3.63, 3.8) is 0 Å². The molecule has 0 atom stereocenters. The molecule has 0 saturated carbocycles. The average molecular weight is 421 g/mol. The fourth-order valence-corrected chi connectivity index (χ4v) is 3.17. The van der Waals surface area contributed by atoms with E-state index in [1.54, 1.807) is 6.33 Å². The predicted octanol–water partition coefficient (Wildman–Crippen LogP) is 4.13. The highest BCUT2D eigenvalue weighted by atomic mass is 16.5. The van der Waals surface area contributed by atoms with Crippen LogP contribution in [-0.4, -0.2) is 42.5 Å². The summed E-state index contributed by atoms with van der Waals surface area (Å²) in [4.78, 5) is 4.72. The SMILES string of the molecule is CCOc1cc(-c2nncn2C)ccc1Nc1nc(NCC(C)(C)C)c2cccn2n1. The van der Waals surface area contributed by atoms with Crippen molar-refractivity contribution in [3.8, 4) is 17.1 Å². The van der Waals surface area contributed by atoms with Gasteiger partial charge in [-0.05, 0) is 42.7 Å². The Balaban J connectivity index is 1.67. The van der Waals surface area contributed by atoms with Gasteiger partial charge in [-0.25, -0.2) is 4.52 Å². The second-order valence-electron chi connectivity index (χ2n) is 8.57. The summed E-state index contributed by atoms with van der Waals surface area (Å²) in [5.41, 5.74) is 2.75. The van der Waals surface area contributed by atoms with Crippen LogP contribution in [0.2, 0.25) is 0 Å². The van der Waals surface area contributed by atoms with Gasteiger partial charge in [0.05, 0.1) is 12.3 Å². The lowest BCUT2D eigenvalue weighted by Gasteiger charge is -2.20. The van der Waals surface area contributed by atoms with Crippen LogP contribution < -0.4 is 15.4 Å². The first kappa shape index (κ1) is 20.6. The van der Waals surface area contributed by atoms with Gasteiger partial charge < -0.3 is 19.9 Å². The van der Waals surface area contributed by atoms with Crippen LogP contribution in [0.5, 0.6) is 5.75 Å². The molecule has 0 aliphatic carbocycles. The largest absolute Gasteiger partial charge is 0.492 e. The molecule has 4 rings (SSSR count). The Bertz CT molecular complexity index is 1190. The van der Waals surface area contributed by atoms with Crippen molar-refractivity contribution in [1.82, 2.24) is 29.4 Å². The molecule has 31 heavy (non-hydrogen) atoms. The highest BCUT2D eigenvalue weighted by molar-refractivity contribution is 5.72. The number of nitrogens with one attached hydrogen (secondary N) is 2. The van der Waals surface area contributed by atoms with Gasteiger partial charge in [-0.15, -0.1) is 15.3 Å². The Morgan fingerprint density at radius 2 is 2.00 bits per heavy atom. The van der Waals surface area contributed by atoms with Gasteiger partial charge in [0, 0.05) is 25.4 Å². The molecule has 4 aromatic rings. The van der Waals surface area contributed by atoms with E-state index in [1.807, 2.05) is 59.6 Å². The van der Waals surface area contributed by atoms with Crippen molar-refractivity contribution in [3.05, 3.63) is 42.9 Å². The second-order valence-corrected chi connectivity index (χ2v) is 8.57. The standard InChI is InChI=1S/C22H28N8O/c1-6-31-18-12-15(20-27-24-14-29(20)5)9-10-16(18)25-21-26-19(23-13-22(2,3)4)17-8-7-11-30(17)28-21/h7-12,14H,6,13H2,1-5H3,(H2,23,25,26,28). The van der Waals surface area contributed by atoms with Gasteiger partial charge in [-0.2, -0.15) is 4.98 Å². The number of rotatable bonds is 7. The topological polar surface area (TPSA) is 94.2 Å². The number of anilines is 3. The minimum atomic E-state index is 0.125. The third kappa shape index (κ3) is 4.60. The van der Waals surface area contributed by atoms with E-state index in [2.05, 4.69) is 46.7 Å². The number of ether oxygens (including phenoxy) is 1. The molecule has 0 radical (unpaired) electrons. The lowest BCUT2D eigenvalue weighted by molar-refractivity contribution is 0.342. The van der Waals surface area contributed by atoms with Gasteiger partial charge in [0.2, 0.25) is 5.95 Å². The maximum atomic E-state index is 5.88. The van der Waals surface area contributed by atoms with Crippen molar-refractivity contribution >= 4 is 23.0 Å². The molecular weight excluding hydrogens is 392 g/mol. The van der Waals surface area contributed by atoms with Gasteiger partial charge in [0.25, 0.3) is 0 Å². The van der Waals surface area contributed by atoms with E-state index in [-0.39, 0.29) is 5.41 Å². The van der Waals surface area contributed by atoms with Gasteiger partial charge >= 0.3 is 0 Å². The molecular formula is C22H28N8O. The third-order valence-corrected chi connectivity index (χ3v) is 4.67. The van der Waals surface area contributed by atoms with Gasteiger partial charge in [-0.3, -0.25) is 0 Å². The van der Waals surface area contributed by atoms with Crippen molar-refractivity contribution in [1.29, 1.82) is 0 Å². The molecule has 162 valence electrons. The van der Waals surface area contributed by atoms with Crippen LogP contribution in [0.1, 0.15) is 27.7 Å². The number of benzene rings is 1. The van der Waals surface area contributed by atoms with E-state index in [0.717, 1.165) is 35.0 Å². The molecule has 9 nitrogen and oxygen atoms in total. The fourth-order valence-electron chi connectivity index (χ4n) is 3.17. The van der Waals surface area contributed by atoms with Crippen LogP contribution in [0.4, 0.5) is 17.5 Å². The quantitative estimate of drug-likeness (QED) is 0.464. The van der Waals surface area contributed by atoms with E-state index >= 15 is 0 Å². The number of hydrogen-bond donors (Lipinski definition) is 2. The summed E-state index contributed by atoms with van der Waals surface area (Å²) in [6, 6.07) is 9.82. The van der Waals surface area contributed by atoms with Crippen molar-refractivity contribution < 1.29 is 4.74 Å². The van der Waals surface area contributed by atoms with E-state index in [4.69, 9.17) is 9.72 Å². The third-order valence-electron chi connectivity index (χ3n) is 4.67. The van der Waals surface area contributed by atoms with Crippen molar-refractivity contribution in [2.75, 3.05) is 23.8 Å². The smallest absolute Gasteiger partial charge is 0.247 e. The fraction of sp³-hybridized carbons (Fsp3) is 0.364. The Hall–Kier alpha value is -3.62. The molecule has 9 heteroatoms. The zero-order valence-corrected chi connectivity index (χ0v) is 18.5. The van der Waals surface area contributed by atoms with Crippen LogP contribution in [-0.2, 0) is 7.05 Å². The van der Waals surface area contributed by atoms with Crippen molar-refractivity contribution in [2.24, 2.45) is 12.5 Å². The minimum Gasteiger partial charge on any atom is -0.492 e. The van der Waals surface area contributed by atoms with Gasteiger partial charge in [-0.1, -0.05) is 20.8 Å². The molecule has 0 spiro atoms. The summed E-state index contributed by atoms with van der Waals surface area (Å²) in [6.45, 7) is 9.83. The van der Waals surface area contributed by atoms with E-state index in [0.29, 0.717) is 18.3 Å². The first-order chi connectivity index (χ1) is 14.8. The first-order valence-corrected chi connectivity index (χ1v) is 10.3. The summed E-state index contributed by atoms with van der Waals surface area (Å²) in [5, 5.41) is 19.5. The summed E-state index contributed by atoms with van der Waals surface area (Å²) in [5.74, 6) is 2.73. The Morgan fingerprint density at radius 3 is 2.71 bits per heavy atom. The normalized spacial score (nSPS) is 11.6. The number of hydrogen-bond acceptors (Lipinski definition) is 7. The van der Waals surface area contributed by atoms with Crippen LogP contribution in [0, 0.1) is 5.41 Å². The minimum absolute atomic E-state index is 0.125. The Morgan fingerprint density at radius 1 is 1.16 bits per heavy atom. The molecule has 3 heterocycles. The zero-order chi connectivity index (χ0) is 22.0. The lowest BCUT2D eigenvalue weighted by atomic mass is 9.97. The molecule has 3 aromatic heterocycles. The molecule has 0 aliphatic heterocycles. The molecule has 0 aliphatic rings. The summed E-state index contributed by atoms with van der Waals surface area (Å²) < 4.78 is 9.57. The van der Waals surface area contributed by atoms with E-state index in [1.165, 1.54) is 0 Å². The molecule has 2 N–H and O–H groups in total. The second kappa shape index (κ2) is 8.25. The Labute approximate surface area is 181 Å². The maximum absolute atomic E-state index is 5.88. The highest BCUT2D eigenvalue weighted by Gasteiger charge is 2.15. The number of aryl methyl sites for hydroxylation is 1. The van der Waals surface area contributed by atoms with Crippen LogP contribution >= 0.6 is 0 Å². The molecule has 0 amide bonds. The lowest BCUT2D eigenvalue weighted by Crippen LogP contribution is -2.20. The van der Waals surface area contributed by atoms with Crippen LogP contribution in [0.25, 0.3) is 16.9 Å². The number of nitrogens with zero attached hydrogens (tertiary/aromatic N) is 6. The molecule has 0 unspecified atom stereocenters. The van der Waals surface area contributed by atoms with Crippen LogP contribution in [0.15, 0.2) is 42.9 Å². The monoisotopic (exact) mass is 420 g/mol. The number of aromatic nitrogens is 6. The highest BCUT2D eigenvalue weighted by Crippen LogP contribution is 2.32. The summed E-state index contributed by atoms with van der Waals surface area (Å²) in [7, 11) is 1.91. The van der Waals surface area contributed by atoms with Gasteiger partial charge in [0.1, 0.15) is 17.6 Å². The van der Waals surface area contributed by atoms with Crippen molar-refractivity contribution in [2.45, 2.75) is 27.7 Å². The Kier molecular flexibility index (Phi) is 5.50. The molecule has 1 aromatic carbocycles. The van der Waals surface area contributed by atoms with E-state index < -0.39 is 0 Å².